The van der Waals surface area contributed by atoms with Crippen LogP contribution in [0.15, 0.2) is 73.2 Å². The van der Waals surface area contributed by atoms with Crippen molar-refractivity contribution in [2.45, 2.75) is 0 Å². The first kappa shape index (κ1) is 16.9. The van der Waals surface area contributed by atoms with Gasteiger partial charge in [-0.25, -0.2) is 4.52 Å². The zero-order chi connectivity index (χ0) is 19.6. The van der Waals surface area contributed by atoms with E-state index in [1.807, 2.05) is 59.1 Å². The highest BCUT2D eigenvalue weighted by Crippen LogP contribution is 2.24. The molecule has 8 nitrogen and oxygen atoms in total. The van der Waals surface area contributed by atoms with Crippen molar-refractivity contribution in [3.63, 3.8) is 0 Å². The lowest BCUT2D eigenvalue weighted by Gasteiger charge is -2.05. The summed E-state index contributed by atoms with van der Waals surface area (Å²) in [5, 5.41) is 14.6. The third kappa shape index (κ3) is 3.27. The summed E-state index contributed by atoms with van der Waals surface area (Å²) in [7, 11) is 1.65. The van der Waals surface area contributed by atoms with Crippen molar-refractivity contribution < 1.29 is 4.74 Å². The predicted octanol–water partition coefficient (Wildman–Crippen LogP) is 3.93. The molecule has 0 radical (unpaired) electrons. The molecule has 0 atom stereocenters. The normalized spacial score (nSPS) is 10.9. The fourth-order valence-electron chi connectivity index (χ4n) is 3.10. The summed E-state index contributed by atoms with van der Waals surface area (Å²) in [6, 6.07) is 17.6. The number of anilines is 2. The summed E-state index contributed by atoms with van der Waals surface area (Å²) in [5.41, 5.74) is 5.31. The van der Waals surface area contributed by atoms with E-state index in [-0.39, 0.29) is 0 Å². The first-order valence-electron chi connectivity index (χ1n) is 9.02. The molecular weight excluding hydrogens is 366 g/mol. The van der Waals surface area contributed by atoms with Gasteiger partial charge in [0.1, 0.15) is 5.75 Å². The van der Waals surface area contributed by atoms with E-state index in [1.54, 1.807) is 25.7 Å². The van der Waals surface area contributed by atoms with E-state index in [4.69, 9.17) is 4.74 Å². The Morgan fingerprint density at radius 2 is 1.86 bits per heavy atom. The van der Waals surface area contributed by atoms with Crippen LogP contribution in [0.4, 0.5) is 11.6 Å². The summed E-state index contributed by atoms with van der Waals surface area (Å²) in [4.78, 5) is 9.03. The summed E-state index contributed by atoms with van der Waals surface area (Å²) in [5.74, 6) is 1.32. The molecule has 0 aliphatic heterocycles. The number of methoxy groups -OCH3 is 1. The first-order chi connectivity index (χ1) is 14.3. The Labute approximate surface area is 166 Å². The molecule has 0 amide bonds. The Kier molecular flexibility index (Phi) is 4.14. The van der Waals surface area contributed by atoms with Gasteiger partial charge in [0.05, 0.1) is 36.6 Å². The van der Waals surface area contributed by atoms with Crippen molar-refractivity contribution in [2.75, 3.05) is 12.4 Å². The zero-order valence-electron chi connectivity index (χ0n) is 15.6. The predicted molar refractivity (Wildman–Crippen MR) is 110 cm³/mol. The Morgan fingerprint density at radius 1 is 0.966 bits per heavy atom. The van der Waals surface area contributed by atoms with Crippen molar-refractivity contribution in [3.8, 4) is 28.3 Å². The van der Waals surface area contributed by atoms with Crippen LogP contribution in [0.2, 0.25) is 0 Å². The van der Waals surface area contributed by atoms with Gasteiger partial charge in [0.25, 0.3) is 0 Å². The molecule has 2 N–H and O–H groups in total. The first-order valence-corrected chi connectivity index (χ1v) is 9.02. The molecule has 5 aromatic rings. The molecule has 1 aromatic carbocycles. The van der Waals surface area contributed by atoms with Crippen molar-refractivity contribution >= 4 is 17.3 Å². The Hall–Kier alpha value is -4.20. The number of hydrogen-bond donors (Lipinski definition) is 2. The maximum Gasteiger partial charge on any atom is 0.247 e. The van der Waals surface area contributed by atoms with E-state index >= 15 is 0 Å². The minimum atomic E-state index is 0.504. The fourth-order valence-corrected chi connectivity index (χ4v) is 3.10. The minimum absolute atomic E-state index is 0.504. The maximum absolute atomic E-state index is 5.24. The second kappa shape index (κ2) is 7.08. The van der Waals surface area contributed by atoms with E-state index in [0.717, 1.165) is 39.6 Å². The van der Waals surface area contributed by atoms with Crippen molar-refractivity contribution in [2.24, 2.45) is 0 Å². The zero-order valence-corrected chi connectivity index (χ0v) is 15.6. The number of aromatic amines is 1. The lowest BCUT2D eigenvalue weighted by molar-refractivity contribution is 0.415. The van der Waals surface area contributed by atoms with Crippen LogP contribution in [0, 0.1) is 0 Å². The van der Waals surface area contributed by atoms with Crippen LogP contribution in [0.3, 0.4) is 0 Å². The van der Waals surface area contributed by atoms with Crippen LogP contribution in [-0.2, 0) is 0 Å². The third-order valence-corrected chi connectivity index (χ3v) is 4.56. The summed E-state index contributed by atoms with van der Waals surface area (Å²) >= 11 is 0. The molecule has 0 unspecified atom stereocenters. The summed E-state index contributed by atoms with van der Waals surface area (Å²) < 4.78 is 7.06. The van der Waals surface area contributed by atoms with E-state index < -0.39 is 0 Å². The SMILES string of the molecule is COc1ccc(-c2cccc3nc(Nc4ccc(-c5cn[nH]c5)nc4)nn23)cc1. The highest BCUT2D eigenvalue weighted by molar-refractivity contribution is 5.66. The van der Waals surface area contributed by atoms with Gasteiger partial charge >= 0.3 is 0 Å². The Morgan fingerprint density at radius 3 is 2.59 bits per heavy atom. The van der Waals surface area contributed by atoms with Gasteiger partial charge in [0, 0.05) is 17.3 Å². The van der Waals surface area contributed by atoms with Gasteiger partial charge in [-0.1, -0.05) is 6.07 Å². The second-order valence-corrected chi connectivity index (χ2v) is 6.39. The molecule has 0 aliphatic carbocycles. The molecular formula is C21H17N7O. The van der Waals surface area contributed by atoms with Crippen molar-refractivity contribution in [3.05, 3.63) is 73.2 Å². The molecule has 4 heterocycles. The van der Waals surface area contributed by atoms with E-state index in [0.29, 0.717) is 5.95 Å². The largest absolute Gasteiger partial charge is 0.497 e. The average molecular weight is 383 g/mol. The highest BCUT2D eigenvalue weighted by Gasteiger charge is 2.10. The molecule has 29 heavy (non-hydrogen) atoms. The molecule has 0 saturated carbocycles. The number of aromatic nitrogens is 6. The average Bonchev–Trinajstić information content (AvgIpc) is 3.44. The Balaban J connectivity index is 1.44. The molecule has 4 aromatic heterocycles. The molecule has 0 fully saturated rings. The summed E-state index contributed by atoms with van der Waals surface area (Å²) in [6.07, 6.45) is 5.29. The number of rotatable bonds is 5. The third-order valence-electron chi connectivity index (χ3n) is 4.56. The minimum Gasteiger partial charge on any atom is -0.497 e. The van der Waals surface area contributed by atoms with Crippen LogP contribution in [0.1, 0.15) is 0 Å². The number of hydrogen-bond acceptors (Lipinski definition) is 6. The van der Waals surface area contributed by atoms with Crippen LogP contribution < -0.4 is 10.1 Å². The van der Waals surface area contributed by atoms with Crippen LogP contribution >= 0.6 is 0 Å². The van der Waals surface area contributed by atoms with Gasteiger partial charge in [0.2, 0.25) is 5.95 Å². The molecule has 8 heteroatoms. The lowest BCUT2D eigenvalue weighted by Crippen LogP contribution is -1.96. The number of nitrogens with one attached hydrogen (secondary N) is 2. The molecule has 0 saturated heterocycles. The number of pyridine rings is 2. The highest BCUT2D eigenvalue weighted by atomic mass is 16.5. The van der Waals surface area contributed by atoms with E-state index in [1.165, 1.54) is 0 Å². The van der Waals surface area contributed by atoms with Gasteiger partial charge < -0.3 is 10.1 Å². The topological polar surface area (TPSA) is 93.0 Å². The number of benzene rings is 1. The van der Waals surface area contributed by atoms with Crippen LogP contribution in [-0.4, -0.2) is 36.9 Å². The van der Waals surface area contributed by atoms with Crippen molar-refractivity contribution in [1.82, 2.24) is 29.8 Å². The van der Waals surface area contributed by atoms with Crippen LogP contribution in [0.5, 0.6) is 5.75 Å². The quantitative estimate of drug-likeness (QED) is 0.478. The molecule has 0 bridgehead atoms. The van der Waals surface area contributed by atoms with E-state index in [2.05, 4.69) is 30.6 Å². The van der Waals surface area contributed by atoms with Gasteiger partial charge in [-0.3, -0.25) is 10.1 Å². The molecule has 5 rings (SSSR count). The fraction of sp³-hybridized carbons (Fsp3) is 0.0476. The molecule has 0 aliphatic rings. The Bertz CT molecular complexity index is 1240. The van der Waals surface area contributed by atoms with Gasteiger partial charge in [0.15, 0.2) is 5.65 Å². The number of ether oxygens (including phenoxy) is 1. The standard InChI is InChI=1S/C21H17N7O/c1-29-17-8-5-14(6-9-17)19-3-2-4-20-26-21(27-28(19)20)25-16-7-10-18(22-13-16)15-11-23-24-12-15/h2-13H,1H3,(H,23,24)(H,25,27). The number of fused-ring (bicyclic) bond motifs is 1. The van der Waals surface area contributed by atoms with E-state index in [9.17, 15) is 0 Å². The molecule has 0 spiro atoms. The summed E-state index contributed by atoms with van der Waals surface area (Å²) in [6.45, 7) is 0. The van der Waals surface area contributed by atoms with Gasteiger partial charge in [-0.05, 0) is 48.5 Å². The smallest absolute Gasteiger partial charge is 0.247 e. The number of nitrogens with zero attached hydrogens (tertiary/aromatic N) is 5. The van der Waals surface area contributed by atoms with Crippen molar-refractivity contribution in [1.29, 1.82) is 0 Å². The lowest BCUT2D eigenvalue weighted by atomic mass is 10.1. The van der Waals surface area contributed by atoms with Gasteiger partial charge in [-0.15, -0.1) is 5.10 Å². The monoisotopic (exact) mass is 383 g/mol. The second-order valence-electron chi connectivity index (χ2n) is 6.39. The van der Waals surface area contributed by atoms with Gasteiger partial charge in [-0.2, -0.15) is 10.1 Å². The number of H-pyrrole nitrogens is 1. The van der Waals surface area contributed by atoms with Crippen LogP contribution in [0.25, 0.3) is 28.2 Å². The molecule has 142 valence electrons. The maximum atomic E-state index is 5.24.